The van der Waals surface area contributed by atoms with E-state index in [0.717, 1.165) is 12.1 Å². The molecule has 170 valence electrons. The summed E-state index contributed by atoms with van der Waals surface area (Å²) in [5.41, 5.74) is -3.21. The van der Waals surface area contributed by atoms with Gasteiger partial charge in [-0.1, -0.05) is 31.5 Å². The summed E-state index contributed by atoms with van der Waals surface area (Å²) in [7, 11) is 0. The van der Waals surface area contributed by atoms with Crippen molar-refractivity contribution in [3.8, 4) is 16.9 Å². The fourth-order valence-corrected chi connectivity index (χ4v) is 3.04. The van der Waals surface area contributed by atoms with Crippen LogP contribution in [0.1, 0.15) is 24.5 Å². The molecule has 0 atom stereocenters. The van der Waals surface area contributed by atoms with Crippen molar-refractivity contribution < 1.29 is 44.3 Å². The molecule has 3 rings (SSSR count). The summed E-state index contributed by atoms with van der Waals surface area (Å²) in [6.45, 7) is 1.72. The van der Waals surface area contributed by atoms with Gasteiger partial charge in [-0.2, -0.15) is 8.78 Å². The van der Waals surface area contributed by atoms with E-state index in [2.05, 4.69) is 4.74 Å². The summed E-state index contributed by atoms with van der Waals surface area (Å²) in [4.78, 5) is 0. The molecule has 0 aromatic heterocycles. The van der Waals surface area contributed by atoms with Crippen LogP contribution < -0.4 is 4.74 Å². The van der Waals surface area contributed by atoms with Crippen molar-refractivity contribution in [3.63, 3.8) is 0 Å². The molecular formula is C22H13F9O. The van der Waals surface area contributed by atoms with Crippen molar-refractivity contribution in [3.05, 3.63) is 88.2 Å². The predicted octanol–water partition coefficient (Wildman–Crippen LogP) is 7.41. The number of ether oxygens (including phenoxy) is 1. The van der Waals surface area contributed by atoms with E-state index in [9.17, 15) is 39.5 Å². The van der Waals surface area contributed by atoms with Crippen LogP contribution in [0.5, 0.6) is 5.75 Å². The van der Waals surface area contributed by atoms with Crippen LogP contribution in [0.25, 0.3) is 11.1 Å². The molecule has 0 aliphatic rings. The first-order valence-corrected chi connectivity index (χ1v) is 9.15. The molecule has 3 aromatic carbocycles. The molecule has 0 saturated carbocycles. The van der Waals surface area contributed by atoms with Crippen molar-refractivity contribution >= 4 is 0 Å². The molecule has 0 amide bonds. The minimum absolute atomic E-state index is 0.00458. The van der Waals surface area contributed by atoms with Gasteiger partial charge in [0.2, 0.25) is 0 Å². The molecule has 0 N–H and O–H groups in total. The van der Waals surface area contributed by atoms with Crippen LogP contribution in [-0.4, -0.2) is 0 Å². The van der Waals surface area contributed by atoms with E-state index < -0.39 is 69.3 Å². The van der Waals surface area contributed by atoms with E-state index in [1.807, 2.05) is 0 Å². The second-order valence-electron chi connectivity index (χ2n) is 6.76. The fraction of sp³-hybridized carbons (Fsp3) is 0.182. The fourth-order valence-electron chi connectivity index (χ4n) is 3.04. The Bertz CT molecular complexity index is 1150. The lowest BCUT2D eigenvalue weighted by Crippen LogP contribution is -2.24. The summed E-state index contributed by atoms with van der Waals surface area (Å²) in [6, 6.07) is 3.25. The van der Waals surface area contributed by atoms with Gasteiger partial charge in [0.25, 0.3) is 0 Å². The number of hydrogen-bond acceptors (Lipinski definition) is 1. The first-order chi connectivity index (χ1) is 15.0. The minimum atomic E-state index is -4.66. The Labute approximate surface area is 176 Å². The zero-order valence-electron chi connectivity index (χ0n) is 16.2. The van der Waals surface area contributed by atoms with Crippen molar-refractivity contribution in [2.45, 2.75) is 25.9 Å². The average Bonchev–Trinajstić information content (AvgIpc) is 2.72. The van der Waals surface area contributed by atoms with Crippen LogP contribution in [0.15, 0.2) is 36.4 Å². The molecular weight excluding hydrogens is 451 g/mol. The maximum atomic E-state index is 14.5. The van der Waals surface area contributed by atoms with Crippen molar-refractivity contribution in [1.29, 1.82) is 0 Å². The van der Waals surface area contributed by atoms with E-state index in [1.54, 1.807) is 6.92 Å². The molecule has 0 saturated heterocycles. The maximum Gasteiger partial charge on any atom is 0.429 e. The summed E-state index contributed by atoms with van der Waals surface area (Å²) in [5.74, 6) is -13.7. The number of halogens is 9. The van der Waals surface area contributed by atoms with Crippen molar-refractivity contribution in [2.24, 2.45) is 0 Å². The average molecular weight is 464 g/mol. The SMILES string of the molecule is CCCc1ccc(-c2ccc(C(F)(F)Oc3cc(F)c(F)c(F)c3)c(F)c2F)c(F)c1F. The molecule has 0 spiro atoms. The van der Waals surface area contributed by atoms with Crippen LogP contribution >= 0.6 is 0 Å². The summed E-state index contributed by atoms with van der Waals surface area (Å²) in [6.07, 6.45) is -3.98. The molecule has 0 aliphatic heterocycles. The third kappa shape index (κ3) is 4.26. The number of alkyl halides is 2. The maximum absolute atomic E-state index is 14.5. The number of rotatable bonds is 6. The van der Waals surface area contributed by atoms with Crippen LogP contribution in [-0.2, 0) is 12.5 Å². The number of benzene rings is 3. The van der Waals surface area contributed by atoms with Gasteiger partial charge < -0.3 is 4.74 Å². The second-order valence-corrected chi connectivity index (χ2v) is 6.76. The Hall–Kier alpha value is -3.17. The third-order valence-electron chi connectivity index (χ3n) is 4.57. The Morgan fingerprint density at radius 3 is 1.78 bits per heavy atom. The summed E-state index contributed by atoms with van der Waals surface area (Å²) >= 11 is 0. The third-order valence-corrected chi connectivity index (χ3v) is 4.57. The molecule has 0 heterocycles. The molecule has 0 radical (unpaired) electrons. The predicted molar refractivity (Wildman–Crippen MR) is 96.5 cm³/mol. The Kier molecular flexibility index (Phi) is 6.43. The Morgan fingerprint density at radius 2 is 1.22 bits per heavy atom. The van der Waals surface area contributed by atoms with Gasteiger partial charge in [-0.15, -0.1) is 0 Å². The van der Waals surface area contributed by atoms with E-state index in [4.69, 9.17) is 0 Å². The molecule has 3 aromatic rings. The Balaban J connectivity index is 2.01. The second kappa shape index (κ2) is 8.76. The standard InChI is InChI=1S/C22H13F9O/c1-2-3-10-4-5-12(18(26)17(10)25)13-6-7-14(20(28)19(13)27)22(30,31)32-11-8-15(23)21(29)16(24)9-11/h4-9H,2-3H2,1H3. The van der Waals surface area contributed by atoms with Crippen molar-refractivity contribution in [2.75, 3.05) is 0 Å². The van der Waals surface area contributed by atoms with Gasteiger partial charge >= 0.3 is 6.11 Å². The van der Waals surface area contributed by atoms with Gasteiger partial charge in [0.1, 0.15) is 11.3 Å². The van der Waals surface area contributed by atoms with Crippen LogP contribution in [0.4, 0.5) is 39.5 Å². The summed E-state index contributed by atoms with van der Waals surface area (Å²) in [5, 5.41) is 0. The van der Waals surface area contributed by atoms with Gasteiger partial charge in [0.15, 0.2) is 40.7 Å². The molecule has 0 bridgehead atoms. The first-order valence-electron chi connectivity index (χ1n) is 9.15. The molecule has 32 heavy (non-hydrogen) atoms. The van der Waals surface area contributed by atoms with E-state index in [-0.39, 0.29) is 24.1 Å². The molecule has 10 heteroatoms. The van der Waals surface area contributed by atoms with Gasteiger partial charge in [0, 0.05) is 23.3 Å². The van der Waals surface area contributed by atoms with E-state index >= 15 is 0 Å². The van der Waals surface area contributed by atoms with Gasteiger partial charge in [-0.25, -0.2) is 30.7 Å². The molecule has 1 nitrogen and oxygen atoms in total. The lowest BCUT2D eigenvalue weighted by atomic mass is 9.98. The highest BCUT2D eigenvalue weighted by Gasteiger charge is 2.40. The van der Waals surface area contributed by atoms with Crippen LogP contribution in [0, 0.1) is 40.7 Å². The lowest BCUT2D eigenvalue weighted by Gasteiger charge is -2.20. The Morgan fingerprint density at radius 1 is 0.688 bits per heavy atom. The quantitative estimate of drug-likeness (QED) is 0.273. The highest BCUT2D eigenvalue weighted by atomic mass is 19.3. The number of hydrogen-bond donors (Lipinski definition) is 0. The van der Waals surface area contributed by atoms with Gasteiger partial charge in [-0.05, 0) is 18.1 Å². The van der Waals surface area contributed by atoms with E-state index in [1.165, 1.54) is 0 Å². The highest BCUT2D eigenvalue weighted by molar-refractivity contribution is 5.66. The highest BCUT2D eigenvalue weighted by Crippen LogP contribution is 2.38. The number of aryl methyl sites for hydroxylation is 1. The smallest absolute Gasteiger partial charge is 0.429 e. The van der Waals surface area contributed by atoms with Crippen molar-refractivity contribution in [1.82, 2.24) is 0 Å². The molecule has 0 fully saturated rings. The lowest BCUT2D eigenvalue weighted by molar-refractivity contribution is -0.187. The monoisotopic (exact) mass is 464 g/mol. The van der Waals surface area contributed by atoms with E-state index in [0.29, 0.717) is 18.6 Å². The largest absolute Gasteiger partial charge is 0.429 e. The zero-order valence-corrected chi connectivity index (χ0v) is 16.2. The van der Waals surface area contributed by atoms with Crippen LogP contribution in [0.2, 0.25) is 0 Å². The normalized spacial score (nSPS) is 11.7. The molecule has 0 aliphatic carbocycles. The van der Waals surface area contributed by atoms with Gasteiger partial charge in [-0.3, -0.25) is 0 Å². The minimum Gasteiger partial charge on any atom is -0.429 e. The van der Waals surface area contributed by atoms with Gasteiger partial charge in [0.05, 0.1) is 0 Å². The first kappa shape index (κ1) is 23.5. The van der Waals surface area contributed by atoms with Crippen LogP contribution in [0.3, 0.4) is 0 Å². The topological polar surface area (TPSA) is 9.23 Å². The summed E-state index contributed by atoms with van der Waals surface area (Å²) < 4.78 is 130. The molecule has 0 unspecified atom stereocenters. The zero-order chi connectivity index (χ0) is 23.8.